The zero-order valence-corrected chi connectivity index (χ0v) is 17.6. The van der Waals surface area contributed by atoms with Gasteiger partial charge in [-0.15, -0.1) is 0 Å². The Bertz CT molecular complexity index is 877. The van der Waals surface area contributed by atoms with Crippen molar-refractivity contribution in [3.63, 3.8) is 0 Å². The number of esters is 2. The van der Waals surface area contributed by atoms with Crippen molar-refractivity contribution in [3.8, 4) is 5.75 Å². The van der Waals surface area contributed by atoms with E-state index in [1.165, 1.54) is 12.2 Å². The Morgan fingerprint density at radius 1 is 1.00 bits per heavy atom. The van der Waals surface area contributed by atoms with Crippen molar-refractivity contribution in [2.45, 2.75) is 13.8 Å². The molecule has 30 heavy (non-hydrogen) atoms. The third kappa shape index (κ3) is 5.29. The number of allylic oxidation sites excluding steroid dienone is 3. The predicted octanol–water partition coefficient (Wildman–Crippen LogP) is 3.93. The first kappa shape index (κ1) is 22.7. The molecule has 0 unspecified atom stereocenters. The molecule has 0 fully saturated rings. The number of hydrogen-bond acceptors (Lipinski definition) is 6. The highest BCUT2D eigenvalue weighted by molar-refractivity contribution is 5.98. The number of benzene rings is 1. The monoisotopic (exact) mass is 409 g/mol. The van der Waals surface area contributed by atoms with Gasteiger partial charge in [-0.1, -0.05) is 55.7 Å². The number of para-hydroxylation sites is 1. The number of nitrogens with one attached hydrogen (secondary N) is 1. The molecule has 0 bridgehead atoms. The fourth-order valence-electron chi connectivity index (χ4n) is 3.21. The smallest absolute Gasteiger partial charge is 0.337 e. The fraction of sp³-hybridized carbons (Fsp3) is 0.250. The summed E-state index contributed by atoms with van der Waals surface area (Å²) in [6.45, 7) is 10.8. The zero-order valence-electron chi connectivity index (χ0n) is 17.6. The van der Waals surface area contributed by atoms with Gasteiger partial charge >= 0.3 is 11.9 Å². The Morgan fingerprint density at radius 2 is 1.53 bits per heavy atom. The number of carbonyl (C=O) groups is 2. The molecule has 0 aliphatic carbocycles. The minimum Gasteiger partial charge on any atom is -0.496 e. The Hall–Kier alpha value is -3.54. The summed E-state index contributed by atoms with van der Waals surface area (Å²) in [5.41, 5.74) is 2.69. The second-order valence-corrected chi connectivity index (χ2v) is 6.56. The lowest BCUT2D eigenvalue weighted by Crippen LogP contribution is -2.32. The second-order valence-electron chi connectivity index (χ2n) is 6.56. The first-order valence-electron chi connectivity index (χ1n) is 9.50. The molecule has 1 N–H and O–H groups in total. The minimum atomic E-state index is -0.661. The summed E-state index contributed by atoms with van der Waals surface area (Å²) in [5.74, 6) is -1.05. The van der Waals surface area contributed by atoms with Gasteiger partial charge in [0.15, 0.2) is 0 Å². The van der Waals surface area contributed by atoms with Crippen LogP contribution >= 0.6 is 0 Å². The van der Waals surface area contributed by atoms with Crippen LogP contribution in [0.15, 0.2) is 78.2 Å². The summed E-state index contributed by atoms with van der Waals surface area (Å²) >= 11 is 0. The van der Waals surface area contributed by atoms with Crippen molar-refractivity contribution in [3.05, 3.63) is 83.8 Å². The lowest BCUT2D eigenvalue weighted by molar-refractivity contribution is -0.139. The van der Waals surface area contributed by atoms with E-state index in [-0.39, 0.29) is 13.2 Å². The van der Waals surface area contributed by atoms with Crippen molar-refractivity contribution in [1.82, 2.24) is 5.32 Å². The van der Waals surface area contributed by atoms with Crippen molar-refractivity contribution < 1.29 is 23.8 Å². The summed E-state index contributed by atoms with van der Waals surface area (Å²) < 4.78 is 15.9. The molecule has 0 spiro atoms. The van der Waals surface area contributed by atoms with Gasteiger partial charge in [0, 0.05) is 22.9 Å². The van der Waals surface area contributed by atoms with Crippen LogP contribution in [0.4, 0.5) is 0 Å². The number of dihydropyridines is 1. The van der Waals surface area contributed by atoms with E-state index in [2.05, 4.69) is 18.5 Å². The van der Waals surface area contributed by atoms with E-state index in [0.717, 1.165) is 5.56 Å². The summed E-state index contributed by atoms with van der Waals surface area (Å²) in [6, 6.07) is 7.47. The fourth-order valence-corrected chi connectivity index (χ4v) is 3.21. The molecule has 0 saturated heterocycles. The largest absolute Gasteiger partial charge is 0.496 e. The molecule has 1 aromatic rings. The SMILES string of the molecule is C=CCOC(=O)C1=C(C)NC(C)=C(C(=O)OCC=C)C1C=Cc1ccccc1OC. The first-order valence-corrected chi connectivity index (χ1v) is 9.50. The molecule has 0 saturated carbocycles. The summed E-state index contributed by atoms with van der Waals surface area (Å²) in [6.07, 6.45) is 6.58. The molecule has 0 radical (unpaired) electrons. The third-order valence-electron chi connectivity index (χ3n) is 4.52. The molecule has 0 aromatic heterocycles. The van der Waals surface area contributed by atoms with Crippen LogP contribution in [0.1, 0.15) is 19.4 Å². The molecule has 1 aliphatic rings. The number of rotatable bonds is 9. The Labute approximate surface area is 177 Å². The highest BCUT2D eigenvalue weighted by atomic mass is 16.5. The molecular weight excluding hydrogens is 382 g/mol. The highest BCUT2D eigenvalue weighted by Gasteiger charge is 2.35. The van der Waals surface area contributed by atoms with Crippen molar-refractivity contribution >= 4 is 18.0 Å². The van der Waals surface area contributed by atoms with Gasteiger partial charge in [-0.3, -0.25) is 0 Å². The van der Waals surface area contributed by atoms with Crippen LogP contribution in [0.5, 0.6) is 5.75 Å². The molecule has 6 nitrogen and oxygen atoms in total. The number of carbonyl (C=O) groups excluding carboxylic acids is 2. The Morgan fingerprint density at radius 3 is 2.03 bits per heavy atom. The van der Waals surface area contributed by atoms with E-state index < -0.39 is 17.9 Å². The lowest BCUT2D eigenvalue weighted by atomic mass is 9.84. The quantitative estimate of drug-likeness (QED) is 0.492. The van der Waals surface area contributed by atoms with E-state index in [1.54, 1.807) is 27.0 Å². The minimum absolute atomic E-state index is 0.0670. The van der Waals surface area contributed by atoms with Crippen LogP contribution in [0.2, 0.25) is 0 Å². The topological polar surface area (TPSA) is 73.9 Å². The van der Waals surface area contributed by atoms with E-state index >= 15 is 0 Å². The van der Waals surface area contributed by atoms with Crippen LogP contribution in [-0.2, 0) is 19.1 Å². The normalized spacial score (nSPS) is 14.4. The highest BCUT2D eigenvalue weighted by Crippen LogP contribution is 2.33. The van der Waals surface area contributed by atoms with Gasteiger partial charge in [0.2, 0.25) is 0 Å². The molecule has 0 atom stereocenters. The van der Waals surface area contributed by atoms with Crippen molar-refractivity contribution in [1.29, 1.82) is 0 Å². The number of methoxy groups -OCH3 is 1. The summed E-state index contributed by atoms with van der Waals surface area (Å²) in [5, 5.41) is 3.09. The summed E-state index contributed by atoms with van der Waals surface area (Å²) in [4.78, 5) is 25.6. The molecule has 0 amide bonds. The Balaban J connectivity index is 2.52. The van der Waals surface area contributed by atoms with Gasteiger partial charge in [0.25, 0.3) is 0 Å². The van der Waals surface area contributed by atoms with Gasteiger partial charge in [-0.05, 0) is 19.9 Å². The van der Waals surface area contributed by atoms with Crippen LogP contribution in [0.3, 0.4) is 0 Å². The predicted molar refractivity (Wildman–Crippen MR) is 116 cm³/mol. The van der Waals surface area contributed by atoms with E-state index in [4.69, 9.17) is 14.2 Å². The lowest BCUT2D eigenvalue weighted by Gasteiger charge is -2.28. The van der Waals surface area contributed by atoms with Gasteiger partial charge in [0.05, 0.1) is 18.3 Å². The molecule has 1 heterocycles. The van der Waals surface area contributed by atoms with Gasteiger partial charge in [0.1, 0.15) is 19.0 Å². The van der Waals surface area contributed by atoms with Gasteiger partial charge in [-0.25, -0.2) is 9.59 Å². The molecule has 6 heteroatoms. The standard InChI is InChI=1S/C24H27NO5/c1-6-14-29-23(26)21-16(3)25-17(4)22(24(27)30-15-7-2)19(21)13-12-18-10-8-9-11-20(18)28-5/h6-13,19,25H,1-2,14-15H2,3-5H3. The van der Waals surface area contributed by atoms with E-state index in [0.29, 0.717) is 28.3 Å². The number of hydrogen-bond donors (Lipinski definition) is 1. The van der Waals surface area contributed by atoms with E-state index in [9.17, 15) is 9.59 Å². The maximum atomic E-state index is 12.8. The van der Waals surface area contributed by atoms with Crippen LogP contribution < -0.4 is 10.1 Å². The molecule has 1 aromatic carbocycles. The zero-order chi connectivity index (χ0) is 22.1. The average molecular weight is 409 g/mol. The Kier molecular flexibility index (Phi) is 8.23. The van der Waals surface area contributed by atoms with Crippen LogP contribution in [0.25, 0.3) is 6.08 Å². The average Bonchev–Trinajstić information content (AvgIpc) is 2.74. The van der Waals surface area contributed by atoms with E-state index in [1.807, 2.05) is 30.3 Å². The third-order valence-corrected chi connectivity index (χ3v) is 4.52. The molecule has 1 aliphatic heterocycles. The van der Waals surface area contributed by atoms with Gasteiger partial charge in [-0.2, -0.15) is 0 Å². The van der Waals surface area contributed by atoms with Crippen LogP contribution in [-0.4, -0.2) is 32.3 Å². The maximum Gasteiger partial charge on any atom is 0.337 e. The first-order chi connectivity index (χ1) is 14.4. The molecule has 158 valence electrons. The van der Waals surface area contributed by atoms with Crippen LogP contribution in [0, 0.1) is 5.92 Å². The van der Waals surface area contributed by atoms with Gasteiger partial charge < -0.3 is 19.5 Å². The second kappa shape index (κ2) is 10.9. The van der Waals surface area contributed by atoms with Crippen molar-refractivity contribution in [2.24, 2.45) is 5.92 Å². The molecular formula is C24H27NO5. The summed E-state index contributed by atoms with van der Waals surface area (Å²) in [7, 11) is 1.58. The maximum absolute atomic E-state index is 12.8. The number of ether oxygens (including phenoxy) is 3. The molecule has 2 rings (SSSR count). The van der Waals surface area contributed by atoms with Crippen molar-refractivity contribution in [2.75, 3.05) is 20.3 Å².